The summed E-state index contributed by atoms with van der Waals surface area (Å²) in [4.78, 5) is 0. The Morgan fingerprint density at radius 3 is 2.00 bits per heavy atom. The zero-order chi connectivity index (χ0) is 45.4. The number of rotatable bonds is 9. The second-order valence-corrected chi connectivity index (χ2v) is 22.5. The first-order chi connectivity index (χ1) is 29.6. The molecule has 17 nitrogen and oxygen atoms in total. The van der Waals surface area contributed by atoms with Gasteiger partial charge in [0.05, 0.1) is 44.2 Å². The van der Waals surface area contributed by atoms with Crippen LogP contribution in [0.2, 0.25) is 0 Å². The minimum absolute atomic E-state index is 0.0626. The lowest BCUT2D eigenvalue weighted by molar-refractivity contribution is -0.375. The number of aliphatic hydroxyl groups excluding tert-OH is 8. The number of aliphatic hydroxyl groups is 9. The quantitative estimate of drug-likeness (QED) is 0.114. The van der Waals surface area contributed by atoms with Crippen molar-refractivity contribution in [3.05, 3.63) is 11.6 Å². The van der Waals surface area contributed by atoms with Crippen molar-refractivity contribution in [1.29, 1.82) is 0 Å². The zero-order valence-electron chi connectivity index (χ0n) is 37.8. The summed E-state index contributed by atoms with van der Waals surface area (Å²) in [5.74, 6) is -0.0237. The predicted molar refractivity (Wildman–Crippen MR) is 219 cm³/mol. The molecule has 9 fully saturated rings. The van der Waals surface area contributed by atoms with E-state index < -0.39 is 110 Å². The van der Waals surface area contributed by atoms with Crippen molar-refractivity contribution in [2.45, 2.75) is 203 Å². The first-order valence-electron chi connectivity index (χ1n) is 23.5. The Hall–Kier alpha value is -0.940. The Morgan fingerprint density at radius 1 is 0.714 bits per heavy atom. The van der Waals surface area contributed by atoms with Crippen LogP contribution in [0.1, 0.15) is 99.8 Å². The van der Waals surface area contributed by atoms with E-state index in [9.17, 15) is 46.0 Å². The van der Waals surface area contributed by atoms with Crippen LogP contribution in [-0.4, -0.2) is 176 Å². The number of fused-ring (bicyclic) bond motifs is 4. The highest BCUT2D eigenvalue weighted by molar-refractivity contribution is 5.26. The predicted octanol–water partition coefficient (Wildman–Crippen LogP) is 0.606. The molecule has 9 rings (SSSR count). The highest BCUT2D eigenvalue weighted by Crippen LogP contribution is 2.80. The van der Waals surface area contributed by atoms with Gasteiger partial charge < -0.3 is 83.9 Å². The van der Waals surface area contributed by atoms with Crippen LogP contribution < -0.4 is 0 Å². The van der Waals surface area contributed by atoms with Crippen molar-refractivity contribution in [3.63, 3.8) is 0 Å². The minimum Gasteiger partial charge on any atom is -0.394 e. The van der Waals surface area contributed by atoms with Crippen molar-refractivity contribution >= 4 is 0 Å². The third kappa shape index (κ3) is 7.11. The van der Waals surface area contributed by atoms with E-state index in [1.807, 2.05) is 6.92 Å². The van der Waals surface area contributed by atoms with Crippen LogP contribution in [-0.2, 0) is 37.9 Å². The van der Waals surface area contributed by atoms with Gasteiger partial charge in [-0.1, -0.05) is 39.3 Å². The molecule has 360 valence electrons. The van der Waals surface area contributed by atoms with Crippen LogP contribution in [0.5, 0.6) is 0 Å². The van der Waals surface area contributed by atoms with Crippen LogP contribution in [0.3, 0.4) is 0 Å². The number of hydrogen-bond acceptors (Lipinski definition) is 17. The lowest BCUT2D eigenvalue weighted by Gasteiger charge is -2.70. The maximum atomic E-state index is 12.2. The maximum absolute atomic E-state index is 12.2. The molecule has 5 saturated heterocycles. The molecule has 5 unspecified atom stereocenters. The normalized spacial score (nSPS) is 57.2. The van der Waals surface area contributed by atoms with Crippen LogP contribution in [0.25, 0.3) is 0 Å². The van der Waals surface area contributed by atoms with Crippen LogP contribution >= 0.6 is 0 Å². The first-order valence-corrected chi connectivity index (χ1v) is 23.5. The summed E-state index contributed by atoms with van der Waals surface area (Å²) in [7, 11) is 0. The summed E-state index contributed by atoms with van der Waals surface area (Å²) < 4.78 is 50.7. The summed E-state index contributed by atoms with van der Waals surface area (Å²) >= 11 is 0. The summed E-state index contributed by atoms with van der Waals surface area (Å²) in [5, 5.41) is 96.7. The molecule has 2 spiro atoms. The molecular weight excluding hydrogens is 824 g/mol. The van der Waals surface area contributed by atoms with Gasteiger partial charge in [-0.2, -0.15) is 0 Å². The van der Waals surface area contributed by atoms with Gasteiger partial charge in [-0.05, 0) is 93.3 Å². The molecule has 17 heteroatoms. The molecule has 4 saturated carbocycles. The molecule has 4 aliphatic carbocycles. The number of allylic oxidation sites excluding steroid dienone is 1. The lowest BCUT2D eigenvalue weighted by atomic mass is 9.35. The van der Waals surface area contributed by atoms with E-state index >= 15 is 0 Å². The van der Waals surface area contributed by atoms with Gasteiger partial charge in [0.15, 0.2) is 24.7 Å². The third-order valence-corrected chi connectivity index (χ3v) is 18.4. The van der Waals surface area contributed by atoms with Crippen LogP contribution in [0.4, 0.5) is 0 Å². The van der Waals surface area contributed by atoms with Gasteiger partial charge in [0.25, 0.3) is 0 Å². The molecule has 5 heterocycles. The average molecular weight is 899 g/mol. The summed E-state index contributed by atoms with van der Waals surface area (Å²) in [6.07, 6.45) is -11.0. The monoisotopic (exact) mass is 898 g/mol. The van der Waals surface area contributed by atoms with Crippen molar-refractivity contribution < 1.29 is 83.9 Å². The van der Waals surface area contributed by atoms with Gasteiger partial charge in [-0.15, -0.1) is 0 Å². The Morgan fingerprint density at radius 2 is 1.35 bits per heavy atom. The topological polar surface area (TPSA) is 256 Å². The molecule has 0 radical (unpaired) electrons. The number of hydrogen-bond donors (Lipinski definition) is 9. The van der Waals surface area contributed by atoms with Gasteiger partial charge in [0.2, 0.25) is 0 Å². The Labute approximate surface area is 369 Å². The van der Waals surface area contributed by atoms with Crippen molar-refractivity contribution in [3.8, 4) is 0 Å². The van der Waals surface area contributed by atoms with Crippen LogP contribution in [0, 0.1) is 45.3 Å². The molecule has 9 aliphatic rings. The molecule has 0 amide bonds. The van der Waals surface area contributed by atoms with Gasteiger partial charge in [0, 0.05) is 24.2 Å². The maximum Gasteiger partial charge on any atom is 0.187 e. The van der Waals surface area contributed by atoms with Crippen molar-refractivity contribution in [2.24, 2.45) is 45.3 Å². The van der Waals surface area contributed by atoms with Crippen LogP contribution in [0.15, 0.2) is 11.6 Å². The summed E-state index contributed by atoms with van der Waals surface area (Å²) in [6, 6.07) is 0. The summed E-state index contributed by atoms with van der Waals surface area (Å²) in [6.45, 7) is 14.6. The fourth-order valence-corrected chi connectivity index (χ4v) is 15.6. The highest BCUT2D eigenvalue weighted by Gasteiger charge is 2.81. The Bertz CT molecular complexity index is 1710. The molecular formula is C46H74O17. The summed E-state index contributed by atoms with van der Waals surface area (Å²) in [5.41, 5.74) is -0.453. The third-order valence-electron chi connectivity index (χ3n) is 18.4. The number of ether oxygens (including phenoxy) is 8. The molecule has 63 heavy (non-hydrogen) atoms. The zero-order valence-corrected chi connectivity index (χ0v) is 37.8. The van der Waals surface area contributed by atoms with Crippen molar-refractivity contribution in [1.82, 2.24) is 0 Å². The largest absolute Gasteiger partial charge is 0.394 e. The lowest BCUT2D eigenvalue weighted by Crippen LogP contribution is -2.67. The fourth-order valence-electron chi connectivity index (χ4n) is 15.6. The van der Waals surface area contributed by atoms with E-state index in [-0.39, 0.29) is 52.8 Å². The molecule has 5 aliphatic heterocycles. The van der Waals surface area contributed by atoms with Gasteiger partial charge in [-0.25, -0.2) is 0 Å². The first kappa shape index (κ1) is 47.1. The van der Waals surface area contributed by atoms with E-state index in [4.69, 9.17) is 37.9 Å². The second kappa shape index (κ2) is 16.4. The average Bonchev–Trinajstić information content (AvgIpc) is 3.83. The van der Waals surface area contributed by atoms with Crippen molar-refractivity contribution in [2.75, 3.05) is 26.4 Å². The Kier molecular flexibility index (Phi) is 12.2. The van der Waals surface area contributed by atoms with E-state index in [0.717, 1.165) is 44.1 Å². The highest BCUT2D eigenvalue weighted by atomic mass is 16.8. The molecule has 2 bridgehead atoms. The van der Waals surface area contributed by atoms with Gasteiger partial charge in [-0.3, -0.25) is 0 Å². The molecule has 9 N–H and O–H groups in total. The molecule has 24 atom stereocenters. The smallest absolute Gasteiger partial charge is 0.187 e. The molecule has 0 aromatic carbocycles. The standard InChI is InChI=1S/C46H74O17/c1-21(2)14-22-15-44(7,55)37-23-8-9-28-42(5)12-11-29(41(3,4)27(42)10-13-43(28,6)45(23)19-46(37,63-22)57-20-45)60-40-36(62-38-33(53)31(51)26(17-48)59-38)35(24(49)18-56-40)61-39-34(54)32(52)30(50)25(16-47)58-39/h14,22-40,47-55H,8-13,15-20H2,1-7H3/t22-,23+,24+,25+,26-,27-,28+,29-,30+,31-,32-,33+,34+,35-,36+,37?,38?,39?,40?,42-,43+,44?,45-,46-/m0/s1. The second-order valence-electron chi connectivity index (χ2n) is 22.5. The van der Waals surface area contributed by atoms with E-state index in [1.54, 1.807) is 0 Å². The Balaban J connectivity index is 0.969. The minimum atomic E-state index is -1.79. The molecule has 0 aromatic heterocycles. The van der Waals surface area contributed by atoms with E-state index in [1.165, 1.54) is 0 Å². The van der Waals surface area contributed by atoms with E-state index in [0.29, 0.717) is 25.4 Å². The van der Waals surface area contributed by atoms with E-state index in [2.05, 4.69) is 47.6 Å². The molecule has 0 aromatic rings. The van der Waals surface area contributed by atoms with Gasteiger partial charge in [0.1, 0.15) is 61.0 Å². The fraction of sp³-hybridized carbons (Fsp3) is 0.957. The van der Waals surface area contributed by atoms with Gasteiger partial charge >= 0.3 is 0 Å². The SMILES string of the molecule is CC(C)=C[C@H]1CC(C)(O)C2[C@H]3CC[C@@H]4[C@@]5(C)CC[C@H](OC6OC[C@@H](O)[C@H](OC7O[C@H](CO)[C@@H](O)[C@H](O)[C@H]7O)[C@H]6OC6O[C@@H](CO)[C@H](O)[C@H]6O)C(C)(C)[C@@H]5CC[C@@]4(C)[C@@]34CO[C@@]2(C4)O1.